The molecule has 1 aromatic heterocycles. The maximum Gasteiger partial charge on any atom is 0.213 e. The van der Waals surface area contributed by atoms with Crippen LogP contribution in [0, 0.1) is 0 Å². The second-order valence-electron chi connectivity index (χ2n) is 5.24. The summed E-state index contributed by atoms with van der Waals surface area (Å²) in [5.41, 5.74) is 1.03. The first-order chi connectivity index (χ1) is 9.07. The zero-order valence-electron chi connectivity index (χ0n) is 12.5. The summed E-state index contributed by atoms with van der Waals surface area (Å²) in [6.07, 6.45) is 3.84. The van der Waals surface area contributed by atoms with Crippen molar-refractivity contribution in [1.29, 1.82) is 0 Å². The van der Waals surface area contributed by atoms with Gasteiger partial charge >= 0.3 is 0 Å². The molecule has 0 aromatic carbocycles. The SMILES string of the molecule is CCCNCc1ccc(OCCC(C)(C)OC)nc1. The number of hydrogen-bond donors (Lipinski definition) is 1. The molecule has 1 heterocycles. The molecule has 1 N–H and O–H groups in total. The van der Waals surface area contributed by atoms with Crippen LogP contribution >= 0.6 is 0 Å². The lowest BCUT2D eigenvalue weighted by atomic mass is 10.1. The number of nitrogens with one attached hydrogen (secondary N) is 1. The largest absolute Gasteiger partial charge is 0.478 e. The van der Waals surface area contributed by atoms with Crippen molar-refractivity contribution in [2.45, 2.75) is 45.8 Å². The van der Waals surface area contributed by atoms with E-state index < -0.39 is 0 Å². The quantitative estimate of drug-likeness (QED) is 0.698. The highest BCUT2D eigenvalue weighted by Gasteiger charge is 2.15. The van der Waals surface area contributed by atoms with Crippen LogP contribution in [0.4, 0.5) is 0 Å². The average molecular weight is 266 g/mol. The fourth-order valence-corrected chi connectivity index (χ4v) is 1.51. The summed E-state index contributed by atoms with van der Waals surface area (Å²) in [6.45, 7) is 8.76. The van der Waals surface area contributed by atoms with E-state index in [4.69, 9.17) is 9.47 Å². The van der Waals surface area contributed by atoms with Gasteiger partial charge in [-0.1, -0.05) is 13.0 Å². The number of ether oxygens (including phenoxy) is 2. The summed E-state index contributed by atoms with van der Waals surface area (Å²) in [6, 6.07) is 3.97. The van der Waals surface area contributed by atoms with Crippen LogP contribution in [-0.4, -0.2) is 30.8 Å². The highest BCUT2D eigenvalue weighted by Crippen LogP contribution is 2.14. The van der Waals surface area contributed by atoms with Crippen molar-refractivity contribution < 1.29 is 9.47 Å². The summed E-state index contributed by atoms with van der Waals surface area (Å²) in [7, 11) is 1.72. The Morgan fingerprint density at radius 3 is 2.68 bits per heavy atom. The number of pyridine rings is 1. The third-order valence-electron chi connectivity index (χ3n) is 3.06. The van der Waals surface area contributed by atoms with Crippen LogP contribution in [-0.2, 0) is 11.3 Å². The van der Waals surface area contributed by atoms with Crippen molar-refractivity contribution >= 4 is 0 Å². The zero-order chi connectivity index (χ0) is 14.1. The molecule has 4 nitrogen and oxygen atoms in total. The van der Waals surface area contributed by atoms with Crippen LogP contribution in [0.1, 0.15) is 39.2 Å². The predicted molar refractivity (Wildman–Crippen MR) is 77.4 cm³/mol. The van der Waals surface area contributed by atoms with Crippen molar-refractivity contribution in [3.05, 3.63) is 23.9 Å². The van der Waals surface area contributed by atoms with E-state index in [2.05, 4.69) is 17.2 Å². The van der Waals surface area contributed by atoms with Gasteiger partial charge in [0.2, 0.25) is 5.88 Å². The van der Waals surface area contributed by atoms with Gasteiger partial charge in [0.1, 0.15) is 0 Å². The molecule has 0 aliphatic carbocycles. The van der Waals surface area contributed by atoms with E-state index in [0.29, 0.717) is 12.5 Å². The predicted octanol–water partition coefficient (Wildman–Crippen LogP) is 2.78. The van der Waals surface area contributed by atoms with E-state index in [0.717, 1.165) is 25.9 Å². The zero-order valence-corrected chi connectivity index (χ0v) is 12.5. The summed E-state index contributed by atoms with van der Waals surface area (Å²) in [5, 5.41) is 3.34. The van der Waals surface area contributed by atoms with Gasteiger partial charge < -0.3 is 14.8 Å². The molecule has 108 valence electrons. The van der Waals surface area contributed by atoms with E-state index in [1.807, 2.05) is 32.2 Å². The molecular weight excluding hydrogens is 240 g/mol. The molecule has 0 spiro atoms. The van der Waals surface area contributed by atoms with Gasteiger partial charge in [-0.3, -0.25) is 0 Å². The van der Waals surface area contributed by atoms with Crippen molar-refractivity contribution in [1.82, 2.24) is 10.3 Å². The van der Waals surface area contributed by atoms with Crippen molar-refractivity contribution in [3.8, 4) is 5.88 Å². The molecular formula is C15H26N2O2. The highest BCUT2D eigenvalue weighted by atomic mass is 16.5. The molecule has 0 saturated carbocycles. The second-order valence-corrected chi connectivity index (χ2v) is 5.24. The Morgan fingerprint density at radius 1 is 1.32 bits per heavy atom. The minimum Gasteiger partial charge on any atom is -0.478 e. The van der Waals surface area contributed by atoms with Crippen molar-refractivity contribution in [2.75, 3.05) is 20.3 Å². The van der Waals surface area contributed by atoms with Gasteiger partial charge in [-0.2, -0.15) is 0 Å². The van der Waals surface area contributed by atoms with Gasteiger partial charge in [0.05, 0.1) is 12.2 Å². The minimum absolute atomic E-state index is 0.149. The van der Waals surface area contributed by atoms with Gasteiger partial charge in [-0.25, -0.2) is 4.98 Å². The maximum atomic E-state index is 5.61. The standard InChI is InChI=1S/C15H26N2O2/c1-5-9-16-11-13-6-7-14(17-12-13)19-10-8-15(2,3)18-4/h6-7,12,16H,5,8-11H2,1-4H3. The number of hydrogen-bond acceptors (Lipinski definition) is 4. The molecule has 0 aliphatic rings. The van der Waals surface area contributed by atoms with E-state index in [9.17, 15) is 0 Å². The molecule has 0 fully saturated rings. The lowest BCUT2D eigenvalue weighted by Crippen LogP contribution is -2.25. The third-order valence-corrected chi connectivity index (χ3v) is 3.06. The smallest absolute Gasteiger partial charge is 0.213 e. The Bertz CT molecular complexity index is 350. The summed E-state index contributed by atoms with van der Waals surface area (Å²) < 4.78 is 11.0. The average Bonchev–Trinajstić information content (AvgIpc) is 2.41. The van der Waals surface area contributed by atoms with Gasteiger partial charge in [-0.15, -0.1) is 0 Å². The molecule has 0 amide bonds. The fourth-order valence-electron chi connectivity index (χ4n) is 1.51. The molecule has 0 radical (unpaired) electrons. The summed E-state index contributed by atoms with van der Waals surface area (Å²) >= 11 is 0. The second kappa shape index (κ2) is 8.12. The van der Waals surface area contributed by atoms with Gasteiger partial charge in [-0.05, 0) is 32.4 Å². The first kappa shape index (κ1) is 15.9. The summed E-state index contributed by atoms with van der Waals surface area (Å²) in [4.78, 5) is 4.30. The van der Waals surface area contributed by atoms with Crippen LogP contribution in [0.3, 0.4) is 0 Å². The minimum atomic E-state index is -0.149. The summed E-state index contributed by atoms with van der Waals surface area (Å²) in [5.74, 6) is 0.672. The first-order valence-electron chi connectivity index (χ1n) is 6.91. The van der Waals surface area contributed by atoms with Crippen LogP contribution < -0.4 is 10.1 Å². The third kappa shape index (κ3) is 6.55. The topological polar surface area (TPSA) is 43.4 Å². The molecule has 1 aromatic rings. The van der Waals surface area contributed by atoms with E-state index in [1.54, 1.807) is 7.11 Å². The van der Waals surface area contributed by atoms with Gasteiger partial charge in [0.15, 0.2) is 0 Å². The highest BCUT2D eigenvalue weighted by molar-refractivity contribution is 5.17. The van der Waals surface area contributed by atoms with Crippen LogP contribution in [0.15, 0.2) is 18.3 Å². The van der Waals surface area contributed by atoms with E-state index in [-0.39, 0.29) is 5.60 Å². The number of methoxy groups -OCH3 is 1. The molecule has 0 saturated heterocycles. The van der Waals surface area contributed by atoms with Crippen LogP contribution in [0.5, 0.6) is 5.88 Å². The molecule has 1 rings (SSSR count). The van der Waals surface area contributed by atoms with E-state index in [1.165, 1.54) is 5.56 Å². The molecule has 4 heteroatoms. The van der Waals surface area contributed by atoms with Gasteiger partial charge in [0.25, 0.3) is 0 Å². The Morgan fingerprint density at radius 2 is 2.11 bits per heavy atom. The first-order valence-corrected chi connectivity index (χ1v) is 6.91. The Balaban J connectivity index is 2.32. The lowest BCUT2D eigenvalue weighted by Gasteiger charge is -2.22. The molecule has 0 unspecified atom stereocenters. The molecule has 0 bridgehead atoms. The monoisotopic (exact) mass is 266 g/mol. The van der Waals surface area contributed by atoms with Gasteiger partial charge in [0, 0.05) is 32.3 Å². The normalized spacial score (nSPS) is 11.6. The Labute approximate surface area is 116 Å². The number of nitrogens with zero attached hydrogens (tertiary/aromatic N) is 1. The van der Waals surface area contributed by atoms with E-state index >= 15 is 0 Å². The fraction of sp³-hybridized carbons (Fsp3) is 0.667. The van der Waals surface area contributed by atoms with Crippen molar-refractivity contribution in [2.24, 2.45) is 0 Å². The Hall–Kier alpha value is -1.13. The number of aromatic nitrogens is 1. The van der Waals surface area contributed by atoms with Crippen LogP contribution in [0.25, 0.3) is 0 Å². The number of rotatable bonds is 9. The molecule has 0 atom stereocenters. The Kier molecular flexibility index (Phi) is 6.81. The lowest BCUT2D eigenvalue weighted by molar-refractivity contribution is 0.00508. The van der Waals surface area contributed by atoms with Crippen LogP contribution in [0.2, 0.25) is 0 Å². The van der Waals surface area contributed by atoms with Crippen molar-refractivity contribution in [3.63, 3.8) is 0 Å². The maximum absolute atomic E-state index is 5.61. The molecule has 0 aliphatic heterocycles. The molecule has 19 heavy (non-hydrogen) atoms.